The van der Waals surface area contributed by atoms with Gasteiger partial charge >= 0.3 is 5.91 Å². The molecule has 1 fully saturated rings. The second kappa shape index (κ2) is 10.7. The Labute approximate surface area is 227 Å². The van der Waals surface area contributed by atoms with Crippen molar-refractivity contribution in [1.82, 2.24) is 4.98 Å². The predicted octanol–water partition coefficient (Wildman–Crippen LogP) is 5.87. The lowest BCUT2D eigenvalue weighted by Crippen LogP contribution is -2.29. The third-order valence-electron chi connectivity index (χ3n) is 6.21. The summed E-state index contributed by atoms with van der Waals surface area (Å²) in [5.41, 5.74) is 1.16. The van der Waals surface area contributed by atoms with E-state index in [0.717, 1.165) is 11.3 Å². The third kappa shape index (κ3) is 4.79. The van der Waals surface area contributed by atoms with Gasteiger partial charge < -0.3 is 19.3 Å². The zero-order valence-corrected chi connectivity index (χ0v) is 22.3. The second-order valence-electron chi connectivity index (χ2n) is 8.58. The molecule has 1 aromatic heterocycles. The van der Waals surface area contributed by atoms with Crippen molar-refractivity contribution in [3.05, 3.63) is 83.2 Å². The summed E-state index contributed by atoms with van der Waals surface area (Å²) in [4.78, 5) is 32.8. The Hall–Kier alpha value is -4.44. The van der Waals surface area contributed by atoms with Crippen LogP contribution >= 0.6 is 11.3 Å². The van der Waals surface area contributed by atoms with Crippen LogP contribution < -0.4 is 19.1 Å². The minimum Gasteiger partial charge on any atom is -0.507 e. The minimum absolute atomic E-state index is 0.120. The molecule has 0 radical (unpaired) electrons. The molecule has 8 nitrogen and oxygen atoms in total. The summed E-state index contributed by atoms with van der Waals surface area (Å²) in [6.07, 6.45) is 0. The zero-order chi connectivity index (χ0) is 27.7. The van der Waals surface area contributed by atoms with E-state index in [1.165, 1.54) is 30.2 Å². The molecule has 2 heterocycles. The quantitative estimate of drug-likeness (QED) is 0.167. The molecule has 0 saturated carbocycles. The van der Waals surface area contributed by atoms with Crippen LogP contribution in [0.15, 0.2) is 66.2 Å². The largest absolute Gasteiger partial charge is 0.507 e. The van der Waals surface area contributed by atoms with Crippen LogP contribution in [0.4, 0.5) is 9.52 Å². The van der Waals surface area contributed by atoms with Crippen LogP contribution in [0.5, 0.6) is 17.2 Å². The molecule has 4 aromatic rings. The number of thiazole rings is 1. The Morgan fingerprint density at radius 1 is 1.03 bits per heavy atom. The summed E-state index contributed by atoms with van der Waals surface area (Å²) in [6.45, 7) is 4.50. The van der Waals surface area contributed by atoms with Crippen molar-refractivity contribution in [2.75, 3.05) is 25.2 Å². The van der Waals surface area contributed by atoms with Gasteiger partial charge in [0.05, 0.1) is 42.2 Å². The molecule has 1 amide bonds. The highest BCUT2D eigenvalue weighted by atomic mass is 32.1. The van der Waals surface area contributed by atoms with Crippen molar-refractivity contribution < 1.29 is 33.3 Å². The van der Waals surface area contributed by atoms with E-state index in [1.54, 1.807) is 42.5 Å². The van der Waals surface area contributed by atoms with Crippen molar-refractivity contribution in [2.45, 2.75) is 19.9 Å². The number of ether oxygens (including phenoxy) is 3. The number of Topliss-reactive ketones (excluding diaryl/α,β-unsaturated/α-hetero) is 1. The van der Waals surface area contributed by atoms with Crippen molar-refractivity contribution >= 4 is 44.1 Å². The van der Waals surface area contributed by atoms with Crippen LogP contribution in [0.3, 0.4) is 0 Å². The number of methoxy groups -OCH3 is 1. The Kier molecular flexibility index (Phi) is 7.21. The number of anilines is 1. The van der Waals surface area contributed by atoms with Crippen LogP contribution in [0.2, 0.25) is 0 Å². The van der Waals surface area contributed by atoms with Crippen LogP contribution in [-0.2, 0) is 9.59 Å². The molecule has 39 heavy (non-hydrogen) atoms. The SMILES string of the molecule is CCOc1cccc(/C(O)=C2\C(=O)C(=O)N(c3nc4ccc(F)cc4s3)C2c2ccc(OCC)c(OC)c2)c1. The number of carbonyl (C=O) groups is 2. The molecular weight excluding hydrogens is 523 g/mol. The standard InChI is InChI=1S/C29H25FN2O6S/c1-4-37-19-8-6-7-17(13-19)26(33)24-25(16-9-12-21(38-5-2)22(14-16)36-3)32(28(35)27(24)34)29-31-20-11-10-18(30)15-23(20)39-29/h6-15,25,33H,4-5H2,1-3H3/b26-24+. The van der Waals surface area contributed by atoms with E-state index in [0.29, 0.717) is 51.8 Å². The van der Waals surface area contributed by atoms with Gasteiger partial charge in [0, 0.05) is 5.56 Å². The first-order valence-corrected chi connectivity index (χ1v) is 13.1. The highest BCUT2D eigenvalue weighted by molar-refractivity contribution is 7.22. The lowest BCUT2D eigenvalue weighted by Gasteiger charge is -2.24. The van der Waals surface area contributed by atoms with Crippen LogP contribution in [0, 0.1) is 5.82 Å². The van der Waals surface area contributed by atoms with Gasteiger partial charge in [-0.2, -0.15) is 0 Å². The Bertz CT molecular complexity index is 1610. The smallest absolute Gasteiger partial charge is 0.301 e. The molecule has 1 aliphatic heterocycles. The van der Waals surface area contributed by atoms with Gasteiger partial charge in [0.2, 0.25) is 0 Å². The molecule has 1 atom stereocenters. The van der Waals surface area contributed by atoms with E-state index in [4.69, 9.17) is 14.2 Å². The first kappa shape index (κ1) is 26.2. The Balaban J connectivity index is 1.72. The van der Waals surface area contributed by atoms with E-state index < -0.39 is 23.5 Å². The van der Waals surface area contributed by atoms with Crippen molar-refractivity contribution in [1.29, 1.82) is 0 Å². The average molecular weight is 549 g/mol. The van der Waals surface area contributed by atoms with E-state index in [9.17, 15) is 19.1 Å². The number of fused-ring (bicyclic) bond motifs is 1. The molecule has 10 heteroatoms. The summed E-state index contributed by atoms with van der Waals surface area (Å²) < 4.78 is 31.1. The number of rotatable bonds is 8. The van der Waals surface area contributed by atoms with Gasteiger partial charge in [0.15, 0.2) is 16.6 Å². The maximum absolute atomic E-state index is 13.9. The van der Waals surface area contributed by atoms with E-state index in [2.05, 4.69) is 4.98 Å². The summed E-state index contributed by atoms with van der Waals surface area (Å²) >= 11 is 1.07. The number of nitrogens with zero attached hydrogens (tertiary/aromatic N) is 2. The first-order chi connectivity index (χ1) is 18.9. The monoisotopic (exact) mass is 548 g/mol. The lowest BCUT2D eigenvalue weighted by atomic mass is 9.95. The minimum atomic E-state index is -1.05. The summed E-state index contributed by atoms with van der Waals surface area (Å²) in [7, 11) is 1.49. The summed E-state index contributed by atoms with van der Waals surface area (Å²) in [5, 5.41) is 11.6. The van der Waals surface area contributed by atoms with Gasteiger partial charge in [0.25, 0.3) is 5.78 Å². The van der Waals surface area contributed by atoms with Crippen LogP contribution in [-0.4, -0.2) is 42.1 Å². The Morgan fingerprint density at radius 2 is 1.82 bits per heavy atom. The number of aliphatic hydroxyl groups excluding tert-OH is 1. The van der Waals surface area contributed by atoms with Crippen molar-refractivity contribution in [3.8, 4) is 17.2 Å². The van der Waals surface area contributed by atoms with E-state index in [1.807, 2.05) is 13.8 Å². The molecule has 1 unspecified atom stereocenters. The number of carbonyl (C=O) groups excluding carboxylic acids is 2. The van der Waals surface area contributed by atoms with E-state index in [-0.39, 0.29) is 16.5 Å². The number of aliphatic hydroxyl groups is 1. The molecule has 0 aliphatic carbocycles. The van der Waals surface area contributed by atoms with Gasteiger partial charge in [-0.25, -0.2) is 9.37 Å². The van der Waals surface area contributed by atoms with Crippen molar-refractivity contribution in [3.63, 3.8) is 0 Å². The Morgan fingerprint density at radius 3 is 2.56 bits per heavy atom. The molecule has 200 valence electrons. The molecule has 1 saturated heterocycles. The maximum Gasteiger partial charge on any atom is 0.301 e. The normalized spacial score (nSPS) is 16.6. The van der Waals surface area contributed by atoms with E-state index >= 15 is 0 Å². The highest BCUT2D eigenvalue weighted by Crippen LogP contribution is 2.46. The van der Waals surface area contributed by atoms with Gasteiger partial charge in [0.1, 0.15) is 17.3 Å². The van der Waals surface area contributed by atoms with Gasteiger partial charge in [-0.1, -0.05) is 29.5 Å². The molecule has 3 aromatic carbocycles. The lowest BCUT2D eigenvalue weighted by molar-refractivity contribution is -0.132. The third-order valence-corrected chi connectivity index (χ3v) is 7.23. The van der Waals surface area contributed by atoms with Crippen LogP contribution in [0.25, 0.3) is 16.0 Å². The molecule has 0 bridgehead atoms. The molecule has 1 aliphatic rings. The maximum atomic E-state index is 13.9. The topological polar surface area (TPSA) is 98.2 Å². The van der Waals surface area contributed by atoms with Crippen molar-refractivity contribution in [2.24, 2.45) is 0 Å². The predicted molar refractivity (Wildman–Crippen MR) is 146 cm³/mol. The fourth-order valence-electron chi connectivity index (χ4n) is 4.52. The highest BCUT2D eigenvalue weighted by Gasteiger charge is 2.48. The summed E-state index contributed by atoms with van der Waals surface area (Å²) in [6, 6.07) is 14.7. The van der Waals surface area contributed by atoms with Crippen LogP contribution in [0.1, 0.15) is 31.0 Å². The fourth-order valence-corrected chi connectivity index (χ4v) is 5.54. The average Bonchev–Trinajstić information content (AvgIpc) is 3.46. The molecule has 0 spiro atoms. The van der Waals surface area contributed by atoms with Gasteiger partial charge in [-0.05, 0) is 61.9 Å². The number of hydrogen-bond acceptors (Lipinski definition) is 8. The number of benzene rings is 3. The van der Waals surface area contributed by atoms with Gasteiger partial charge in [-0.3, -0.25) is 14.5 Å². The number of hydrogen-bond donors (Lipinski definition) is 1. The molecule has 5 rings (SSSR count). The van der Waals surface area contributed by atoms with Gasteiger partial charge in [-0.15, -0.1) is 0 Å². The zero-order valence-electron chi connectivity index (χ0n) is 21.4. The second-order valence-corrected chi connectivity index (χ2v) is 9.59. The first-order valence-electron chi connectivity index (χ1n) is 12.3. The molecular formula is C29H25FN2O6S. The number of aromatic nitrogens is 1. The number of ketones is 1. The fraction of sp³-hybridized carbons (Fsp3) is 0.207. The molecule has 1 N–H and O–H groups in total. The summed E-state index contributed by atoms with van der Waals surface area (Å²) in [5.74, 6) is -1.16. The number of halogens is 1. The number of amides is 1.